The molecule has 0 aliphatic heterocycles. The number of rotatable bonds is 1. The largest absolute Gasteiger partial charge is 0.383 e. The van der Waals surface area contributed by atoms with Gasteiger partial charge in [0.15, 0.2) is 5.82 Å². The van der Waals surface area contributed by atoms with Gasteiger partial charge in [-0.05, 0) is 25.7 Å². The van der Waals surface area contributed by atoms with Crippen molar-refractivity contribution >= 4 is 5.82 Å². The molecule has 2 heterocycles. The van der Waals surface area contributed by atoms with Crippen LogP contribution >= 0.6 is 0 Å². The van der Waals surface area contributed by atoms with Gasteiger partial charge in [0, 0.05) is 18.3 Å². The third-order valence-electron chi connectivity index (χ3n) is 3.26. The zero-order valence-corrected chi connectivity index (χ0v) is 9.85. The van der Waals surface area contributed by atoms with Crippen molar-refractivity contribution in [3.8, 4) is 11.5 Å². The summed E-state index contributed by atoms with van der Waals surface area (Å²) in [5, 5.41) is 0. The topological polar surface area (TPSA) is 69.6 Å². The molecular weight excluding hydrogens is 214 g/mol. The van der Waals surface area contributed by atoms with Crippen molar-refractivity contribution in [2.45, 2.75) is 25.7 Å². The van der Waals surface area contributed by atoms with Gasteiger partial charge in [0.25, 0.3) is 0 Å². The van der Waals surface area contributed by atoms with E-state index in [1.54, 1.807) is 12.5 Å². The van der Waals surface area contributed by atoms with Gasteiger partial charge < -0.3 is 10.3 Å². The van der Waals surface area contributed by atoms with Crippen molar-refractivity contribution in [1.82, 2.24) is 19.5 Å². The molecule has 1 aliphatic carbocycles. The molecule has 0 aromatic carbocycles. The molecule has 0 radical (unpaired) electrons. The molecule has 17 heavy (non-hydrogen) atoms. The lowest BCUT2D eigenvalue weighted by molar-refractivity contribution is 0.665. The smallest absolute Gasteiger partial charge is 0.180 e. The second-order valence-electron chi connectivity index (χ2n) is 4.45. The third-order valence-corrected chi connectivity index (χ3v) is 3.26. The minimum absolute atomic E-state index is 0.630. The van der Waals surface area contributed by atoms with Crippen LogP contribution in [0.1, 0.15) is 24.1 Å². The molecule has 0 atom stereocenters. The standard InChI is InChI=1S/C12H15N5/c1-17-7-14-6-10(17)12-15-9-5-3-2-4-8(9)11(13)16-12/h6-7H,2-5H2,1H3,(H2,13,15,16). The predicted octanol–water partition coefficient (Wildman–Crippen LogP) is 1.34. The highest BCUT2D eigenvalue weighted by Crippen LogP contribution is 2.26. The minimum Gasteiger partial charge on any atom is -0.383 e. The molecule has 3 rings (SSSR count). The lowest BCUT2D eigenvalue weighted by Crippen LogP contribution is -2.12. The molecule has 0 saturated carbocycles. The lowest BCUT2D eigenvalue weighted by atomic mass is 9.96. The summed E-state index contributed by atoms with van der Waals surface area (Å²) >= 11 is 0. The average molecular weight is 229 g/mol. The number of hydrogen-bond donors (Lipinski definition) is 1. The van der Waals surface area contributed by atoms with Crippen LogP contribution in [0.2, 0.25) is 0 Å². The Bertz CT molecular complexity index is 558. The Balaban J connectivity index is 2.14. The van der Waals surface area contributed by atoms with Gasteiger partial charge in [-0.1, -0.05) is 0 Å². The van der Waals surface area contributed by atoms with Gasteiger partial charge in [0.2, 0.25) is 0 Å². The van der Waals surface area contributed by atoms with Crippen LogP contribution in [0.4, 0.5) is 5.82 Å². The number of fused-ring (bicyclic) bond motifs is 1. The van der Waals surface area contributed by atoms with Crippen molar-refractivity contribution < 1.29 is 0 Å². The highest BCUT2D eigenvalue weighted by Gasteiger charge is 2.17. The first kappa shape index (κ1) is 10.3. The number of nitrogens with zero attached hydrogens (tertiary/aromatic N) is 4. The summed E-state index contributed by atoms with van der Waals surface area (Å²) in [4.78, 5) is 13.1. The second-order valence-corrected chi connectivity index (χ2v) is 4.45. The third kappa shape index (κ3) is 1.67. The van der Waals surface area contributed by atoms with Crippen molar-refractivity contribution in [3.05, 3.63) is 23.8 Å². The quantitative estimate of drug-likeness (QED) is 0.801. The van der Waals surface area contributed by atoms with E-state index in [4.69, 9.17) is 5.73 Å². The Morgan fingerprint density at radius 3 is 2.82 bits per heavy atom. The van der Waals surface area contributed by atoms with Gasteiger partial charge in [-0.2, -0.15) is 0 Å². The summed E-state index contributed by atoms with van der Waals surface area (Å²) in [5.41, 5.74) is 9.18. The zero-order chi connectivity index (χ0) is 11.8. The molecule has 0 unspecified atom stereocenters. The summed E-state index contributed by atoms with van der Waals surface area (Å²) in [7, 11) is 1.93. The Morgan fingerprint density at radius 1 is 1.24 bits per heavy atom. The van der Waals surface area contributed by atoms with Crippen LogP contribution in [0.5, 0.6) is 0 Å². The maximum atomic E-state index is 6.02. The van der Waals surface area contributed by atoms with E-state index in [-0.39, 0.29) is 0 Å². The molecule has 5 heteroatoms. The molecule has 5 nitrogen and oxygen atoms in total. The van der Waals surface area contributed by atoms with Crippen molar-refractivity contribution in [2.24, 2.45) is 7.05 Å². The highest BCUT2D eigenvalue weighted by molar-refractivity contribution is 5.55. The molecule has 0 saturated heterocycles. The van der Waals surface area contributed by atoms with E-state index >= 15 is 0 Å². The molecule has 2 aromatic heterocycles. The number of imidazole rings is 1. The number of nitrogen functional groups attached to an aromatic ring is 1. The normalized spacial score (nSPS) is 14.6. The van der Waals surface area contributed by atoms with Gasteiger partial charge in [-0.3, -0.25) is 0 Å². The summed E-state index contributed by atoms with van der Waals surface area (Å²) in [6.07, 6.45) is 7.90. The van der Waals surface area contributed by atoms with E-state index in [0.717, 1.165) is 29.8 Å². The van der Waals surface area contributed by atoms with Crippen LogP contribution in [0.25, 0.3) is 11.5 Å². The van der Waals surface area contributed by atoms with E-state index in [1.165, 1.54) is 12.8 Å². The fourth-order valence-electron chi connectivity index (χ4n) is 2.31. The summed E-state index contributed by atoms with van der Waals surface area (Å²) in [5.74, 6) is 1.31. The SMILES string of the molecule is Cn1cncc1-c1nc(N)c2c(n1)CCCC2. The van der Waals surface area contributed by atoms with Gasteiger partial charge in [-0.25, -0.2) is 15.0 Å². The molecular formula is C12H15N5. The molecule has 0 amide bonds. The molecule has 0 fully saturated rings. The Morgan fingerprint density at radius 2 is 2.06 bits per heavy atom. The maximum absolute atomic E-state index is 6.02. The summed E-state index contributed by atoms with van der Waals surface area (Å²) in [6, 6.07) is 0. The highest BCUT2D eigenvalue weighted by atomic mass is 15.1. The van der Waals surface area contributed by atoms with Crippen LogP contribution in [0.3, 0.4) is 0 Å². The maximum Gasteiger partial charge on any atom is 0.180 e. The fraction of sp³-hybridized carbons (Fsp3) is 0.417. The number of anilines is 1. The van der Waals surface area contributed by atoms with Crippen molar-refractivity contribution in [2.75, 3.05) is 5.73 Å². The molecule has 2 N–H and O–H groups in total. The number of aromatic nitrogens is 4. The van der Waals surface area contributed by atoms with Gasteiger partial charge in [0.05, 0.1) is 12.5 Å². The van der Waals surface area contributed by atoms with Crippen molar-refractivity contribution in [1.29, 1.82) is 0 Å². The number of hydrogen-bond acceptors (Lipinski definition) is 4. The van der Waals surface area contributed by atoms with Gasteiger partial charge >= 0.3 is 0 Å². The summed E-state index contributed by atoms with van der Waals surface area (Å²) < 4.78 is 1.91. The van der Waals surface area contributed by atoms with Gasteiger partial charge in [-0.15, -0.1) is 0 Å². The fourth-order valence-corrected chi connectivity index (χ4v) is 2.31. The first-order valence-electron chi connectivity index (χ1n) is 5.87. The van der Waals surface area contributed by atoms with E-state index in [0.29, 0.717) is 11.6 Å². The van der Waals surface area contributed by atoms with E-state index < -0.39 is 0 Å². The minimum atomic E-state index is 0.630. The monoisotopic (exact) mass is 229 g/mol. The molecule has 0 spiro atoms. The lowest BCUT2D eigenvalue weighted by Gasteiger charge is -2.17. The average Bonchev–Trinajstić information content (AvgIpc) is 2.75. The molecule has 2 aromatic rings. The van der Waals surface area contributed by atoms with Crippen LogP contribution in [-0.4, -0.2) is 19.5 Å². The van der Waals surface area contributed by atoms with Crippen LogP contribution < -0.4 is 5.73 Å². The predicted molar refractivity (Wildman–Crippen MR) is 65.3 cm³/mol. The van der Waals surface area contributed by atoms with E-state index in [1.807, 2.05) is 11.6 Å². The van der Waals surface area contributed by atoms with E-state index in [2.05, 4.69) is 15.0 Å². The van der Waals surface area contributed by atoms with Crippen LogP contribution in [-0.2, 0) is 19.9 Å². The first-order chi connectivity index (χ1) is 8.25. The number of aryl methyl sites for hydroxylation is 2. The van der Waals surface area contributed by atoms with Gasteiger partial charge in [0.1, 0.15) is 11.5 Å². The van der Waals surface area contributed by atoms with Crippen molar-refractivity contribution in [3.63, 3.8) is 0 Å². The zero-order valence-electron chi connectivity index (χ0n) is 9.85. The summed E-state index contributed by atoms with van der Waals surface area (Å²) in [6.45, 7) is 0. The Labute approximate surface area is 99.7 Å². The van der Waals surface area contributed by atoms with Crippen LogP contribution in [0.15, 0.2) is 12.5 Å². The molecule has 88 valence electrons. The second kappa shape index (κ2) is 3.84. The Kier molecular flexibility index (Phi) is 2.31. The van der Waals surface area contributed by atoms with E-state index in [9.17, 15) is 0 Å². The Hall–Kier alpha value is -1.91. The first-order valence-corrected chi connectivity index (χ1v) is 5.87. The van der Waals surface area contributed by atoms with Crippen LogP contribution in [0, 0.1) is 0 Å². The molecule has 1 aliphatic rings. The molecule has 0 bridgehead atoms. The number of nitrogens with two attached hydrogens (primary N) is 1.